The maximum atomic E-state index is 12.9. The van der Waals surface area contributed by atoms with Gasteiger partial charge in [0.05, 0.1) is 31.0 Å². The van der Waals surface area contributed by atoms with Crippen molar-refractivity contribution in [3.05, 3.63) is 139 Å². The van der Waals surface area contributed by atoms with Crippen LogP contribution in [0.1, 0.15) is 230 Å². The second-order valence-electron chi connectivity index (χ2n) is 34.6. The molecule has 8 heterocycles. The van der Waals surface area contributed by atoms with Crippen LogP contribution in [0.3, 0.4) is 0 Å². The number of likely N-dealkylation sites (tertiary alicyclic amines) is 3. The van der Waals surface area contributed by atoms with E-state index in [1.165, 1.54) is 66.4 Å². The summed E-state index contributed by atoms with van der Waals surface area (Å²) in [7, 11) is 12.1. The minimum atomic E-state index is -0.832. The highest BCUT2D eigenvalue weighted by atomic mass is 32.1. The van der Waals surface area contributed by atoms with E-state index >= 15 is 0 Å². The lowest BCUT2D eigenvalue weighted by atomic mass is 9.89. The number of likely N-dealkylation sites (N-methyl/N-ethyl adjacent to an activating group) is 3. The smallest absolute Gasteiger partial charge is 0.410 e. The lowest BCUT2D eigenvalue weighted by Gasteiger charge is -2.39. The van der Waals surface area contributed by atoms with E-state index in [2.05, 4.69) is 168 Å². The van der Waals surface area contributed by atoms with Crippen LogP contribution in [0.15, 0.2) is 94.3 Å². The summed E-state index contributed by atoms with van der Waals surface area (Å²) in [4.78, 5) is 73.7. The Labute approximate surface area is 661 Å². The maximum absolute atomic E-state index is 12.9. The van der Waals surface area contributed by atoms with Gasteiger partial charge in [-0.15, -0.1) is 45.3 Å². The Balaban J connectivity index is 0.000000180. The highest BCUT2D eigenvalue weighted by Gasteiger charge is 2.38. The number of benzene rings is 4. The first-order valence-corrected chi connectivity index (χ1v) is 42.8. The summed E-state index contributed by atoms with van der Waals surface area (Å²) in [6, 6.07) is 27.0. The highest BCUT2D eigenvalue weighted by Crippen LogP contribution is 2.42. The molecule has 0 saturated carbocycles. The molecule has 4 aromatic carbocycles. The maximum Gasteiger partial charge on any atom is 0.410 e. The molecule has 0 bridgehead atoms. The van der Waals surface area contributed by atoms with Gasteiger partial charge in [-0.3, -0.25) is 9.59 Å². The third-order valence-corrected chi connectivity index (χ3v) is 24.2. The van der Waals surface area contributed by atoms with E-state index in [0.29, 0.717) is 43.3 Å². The van der Waals surface area contributed by atoms with Crippen molar-refractivity contribution in [2.45, 2.75) is 228 Å². The summed E-state index contributed by atoms with van der Waals surface area (Å²) in [5.41, 5.74) is 8.15. The van der Waals surface area contributed by atoms with Gasteiger partial charge in [-0.25, -0.2) is 14.4 Å². The summed E-state index contributed by atoms with van der Waals surface area (Å²) >= 11 is 6.92. The topological polar surface area (TPSA) is 165 Å². The van der Waals surface area contributed by atoms with Crippen molar-refractivity contribution in [1.29, 1.82) is 0 Å². The Bertz CT molecular complexity index is 4260. The van der Waals surface area contributed by atoms with Crippen LogP contribution in [0.25, 0.3) is 40.3 Å². The summed E-state index contributed by atoms with van der Waals surface area (Å²) in [6.45, 7) is 35.7. The van der Waals surface area contributed by atoms with Crippen molar-refractivity contribution in [3.8, 4) is 0 Å². The number of fused-ring (bicyclic) bond motifs is 4. The Morgan fingerprint density at radius 3 is 1.06 bits per heavy atom. The highest BCUT2D eigenvalue weighted by molar-refractivity contribution is 7.18. The van der Waals surface area contributed by atoms with Gasteiger partial charge >= 0.3 is 24.2 Å². The number of hydrogen-bond acceptors (Lipinski definition) is 15. The average Bonchev–Trinajstić information content (AvgIpc) is 1.59. The second kappa shape index (κ2) is 39.0. The Morgan fingerprint density at radius 2 is 0.750 bits per heavy atom. The molecule has 12 rings (SSSR count). The Kier molecular flexibility index (Phi) is 31.4. The second-order valence-corrected chi connectivity index (χ2v) is 38.2. The first-order valence-electron chi connectivity index (χ1n) is 39.3. The molecule has 4 aliphatic heterocycles. The first kappa shape index (κ1) is 86.9. The van der Waals surface area contributed by atoms with E-state index in [4.69, 9.17) is 19.3 Å². The zero-order valence-corrected chi connectivity index (χ0v) is 72.1. The van der Waals surface area contributed by atoms with E-state index in [0.717, 1.165) is 121 Å². The molecule has 8 atom stereocenters. The van der Waals surface area contributed by atoms with Crippen LogP contribution in [0, 0.1) is 23.7 Å². The van der Waals surface area contributed by atoms with Crippen LogP contribution in [0.4, 0.5) is 14.4 Å². The number of nitrogens with one attached hydrogen (secondary N) is 1. The van der Waals surface area contributed by atoms with Gasteiger partial charge in [0.2, 0.25) is 5.91 Å². The quantitative estimate of drug-likeness (QED) is 0.0992. The molecule has 20 heteroatoms. The molecule has 4 amide bonds. The molecule has 0 spiro atoms. The van der Waals surface area contributed by atoms with E-state index in [9.17, 15) is 24.0 Å². The predicted molar refractivity (Wildman–Crippen MR) is 453 cm³/mol. The lowest BCUT2D eigenvalue weighted by Crippen LogP contribution is -2.44. The van der Waals surface area contributed by atoms with Crippen LogP contribution in [-0.4, -0.2) is 163 Å². The lowest BCUT2D eigenvalue weighted by molar-refractivity contribution is -0.136. The largest absolute Gasteiger partial charge is 0.481 e. The Morgan fingerprint density at radius 1 is 0.444 bits per heavy atom. The van der Waals surface area contributed by atoms with Crippen LogP contribution >= 0.6 is 45.3 Å². The molecular formula is C88H127N7O9S4. The number of amides is 4. The fraction of sp³-hybridized carbons (Fsp3) is 0.580. The molecule has 4 fully saturated rings. The number of carboxylic acid groups (broad SMARTS) is 1. The zero-order chi connectivity index (χ0) is 79.1. The zero-order valence-electron chi connectivity index (χ0n) is 68.8. The minimum Gasteiger partial charge on any atom is -0.481 e. The third-order valence-electron chi connectivity index (χ3n) is 20.1. The van der Waals surface area contributed by atoms with Crippen molar-refractivity contribution in [2.24, 2.45) is 23.7 Å². The first-order chi connectivity index (χ1) is 50.9. The molecule has 4 aliphatic rings. The van der Waals surface area contributed by atoms with Crippen molar-refractivity contribution in [2.75, 3.05) is 81.6 Å². The number of nitrogens with zero attached hydrogens (tertiary/aromatic N) is 6. The van der Waals surface area contributed by atoms with Gasteiger partial charge in [-0.1, -0.05) is 72.2 Å². The number of carboxylic acids is 1. The van der Waals surface area contributed by atoms with E-state index < -0.39 is 22.8 Å². The standard InChI is InChI=1S/C23H32N2O3S.C23H34N2O2S.C21H27NO4S.C18H26N2S.C3H8/c1-15-7-9-19(25(13-15)22(27)28-23(2,3)4)16-8-10-20-18(11-16)17(14-29-20)12-21(26)24(5)6;1-16-7-9-20(25(14-16)22(26)27-23(2,3)4)17-8-10-21-19(13-17)18(15-28-21)11-12-24(5)6;1-13-5-7-17(22(11-13)20(25)26-21(2,3)4)14-6-8-18-16(9-14)15(12-27-18)10-19(23)24;1-13-4-6-17(19-11-13)14-5-7-18-16(10-14)15(12-21-18)8-9-20(2)3;1-3-2/h8,10-11,14-15,19H,7,9,12-13H2,1-6H3;8,10,13,15-16,20H,7,9,11-12,14H2,1-6H3;6,8-9,12-13,17H,5,7,10-11H2,1-4H3,(H,23,24);5,7,10,12-13,17,19H,4,6,8-9,11H2,1-3H3;3H2,1-2H3. The molecule has 108 heavy (non-hydrogen) atoms. The van der Waals surface area contributed by atoms with Gasteiger partial charge in [-0.05, 0) is 321 Å². The number of rotatable bonds is 14. The fourth-order valence-electron chi connectivity index (χ4n) is 14.4. The van der Waals surface area contributed by atoms with Crippen molar-refractivity contribution in [1.82, 2.24) is 34.7 Å². The van der Waals surface area contributed by atoms with Crippen molar-refractivity contribution < 1.29 is 43.3 Å². The molecule has 16 nitrogen and oxygen atoms in total. The Hall–Kier alpha value is -6.65. The monoisotopic (exact) mass is 1550 g/mol. The van der Waals surface area contributed by atoms with E-state index in [-0.39, 0.29) is 48.7 Å². The SMILES string of the molecule is CC1CCC(c2ccc3scc(CC(=O)N(C)C)c3c2)N(C(=O)OC(C)(C)C)C1.CC1CCC(c2ccc3scc(CC(=O)O)c3c2)N(C(=O)OC(C)(C)C)C1.CC1CCC(c2ccc3scc(CCN(C)C)c3c2)N(C(=O)OC(C)(C)C)C1.CC1CCC(c2ccc3scc(CCN(C)C)c3c2)NC1.CCC. The van der Waals surface area contributed by atoms with Crippen molar-refractivity contribution in [3.63, 3.8) is 0 Å². The van der Waals surface area contributed by atoms with Gasteiger partial charge in [0.15, 0.2) is 0 Å². The van der Waals surface area contributed by atoms with Crippen LogP contribution in [0.2, 0.25) is 0 Å². The minimum absolute atomic E-state index is 0.00255. The summed E-state index contributed by atoms with van der Waals surface area (Å²) in [5.74, 6) is 1.48. The van der Waals surface area contributed by atoms with Gasteiger partial charge in [-0.2, -0.15) is 0 Å². The molecule has 8 unspecified atom stereocenters. The van der Waals surface area contributed by atoms with E-state index in [1.807, 2.05) is 111 Å². The molecule has 592 valence electrons. The normalized spacial score (nSPS) is 20.6. The molecule has 4 saturated heterocycles. The molecule has 2 N–H and O–H groups in total. The molecule has 8 aromatic rings. The summed E-state index contributed by atoms with van der Waals surface area (Å²) < 4.78 is 22.0. The van der Waals surface area contributed by atoms with Crippen LogP contribution in [-0.2, 0) is 49.5 Å². The van der Waals surface area contributed by atoms with Gasteiger partial charge in [0.25, 0.3) is 0 Å². The number of thiophene rings is 4. The number of carbonyl (C=O) groups excluding carboxylic acids is 4. The van der Waals surface area contributed by atoms with Gasteiger partial charge < -0.3 is 54.0 Å². The number of piperidine rings is 4. The number of aliphatic carboxylic acids is 1. The molecule has 0 aliphatic carbocycles. The third kappa shape index (κ3) is 25.2. The van der Waals surface area contributed by atoms with Crippen LogP contribution in [0.5, 0.6) is 0 Å². The average molecular weight is 1560 g/mol. The van der Waals surface area contributed by atoms with Gasteiger partial charge in [0.1, 0.15) is 16.8 Å². The summed E-state index contributed by atoms with van der Waals surface area (Å²) in [5, 5.41) is 26.4. The van der Waals surface area contributed by atoms with Gasteiger partial charge in [0, 0.05) is 71.7 Å². The molecule has 0 radical (unpaired) electrons. The number of ether oxygens (including phenoxy) is 3. The molecular weight excluding hydrogens is 1430 g/mol. The number of hydrogen-bond donors (Lipinski definition) is 2. The molecule has 4 aromatic heterocycles. The summed E-state index contributed by atoms with van der Waals surface area (Å²) in [6.07, 6.45) is 11.8. The predicted octanol–water partition coefficient (Wildman–Crippen LogP) is 21.7. The van der Waals surface area contributed by atoms with Crippen LogP contribution < -0.4 is 5.32 Å². The number of carbonyl (C=O) groups is 5. The fourth-order valence-corrected chi connectivity index (χ4v) is 18.3. The van der Waals surface area contributed by atoms with E-state index in [1.54, 1.807) is 41.7 Å². The van der Waals surface area contributed by atoms with Crippen molar-refractivity contribution >= 4 is 116 Å².